The van der Waals surface area contributed by atoms with Gasteiger partial charge in [-0.25, -0.2) is 0 Å². The summed E-state index contributed by atoms with van der Waals surface area (Å²) in [5.74, 6) is 0. The second kappa shape index (κ2) is 15.9. The molecule has 2 aliphatic heterocycles. The zero-order chi connectivity index (χ0) is 53.9. The van der Waals surface area contributed by atoms with Crippen molar-refractivity contribution in [1.29, 1.82) is 0 Å². The molecule has 1 aromatic heterocycles. The van der Waals surface area contributed by atoms with Crippen LogP contribution in [-0.2, 0) is 43.3 Å². The SMILES string of the molecule is Cc1cc2c3c(c1)N(c1ccc4c(c1)C(C)(C)CCC4(C)C)c1c(sc4c1C(C)(C)CCC4(C)C)B3c1cc3c(cc1N2c1cc2c(cc1-c1ccc([Si](C)(C)C)cc1)C(C)(C)CCC2(C)C)C(C)(C)CCC3(C)C. The summed E-state index contributed by atoms with van der Waals surface area (Å²) in [5.41, 5.74) is 26.4. The standard InChI is InChI=1S/C70H89BN2SSi/c1-42-35-56-59-57(36-42)73(54-40-51-49(65(6,7)29-31-67(51,10)11)38-46(54)43-21-24-45(25-22-43)75(18,19)20)55-41-52-50(66(8,9)30-32-68(52,12)13)39-53(55)71(59)62-60(58-61(74-62)70(16,17)34-33-69(58,14)15)72(56)44-23-26-47-48(37-44)64(4,5)28-27-63(47,2)3/h21-26,35-41H,27-34H2,1-20H3. The molecule has 2 nitrogen and oxygen atoms in total. The van der Waals surface area contributed by atoms with Crippen LogP contribution in [0.25, 0.3) is 11.1 Å². The summed E-state index contributed by atoms with van der Waals surface area (Å²) in [7, 11) is -1.55. The van der Waals surface area contributed by atoms with E-state index in [9.17, 15) is 0 Å². The highest BCUT2D eigenvalue weighted by Gasteiger charge is 2.53. The Balaban J connectivity index is 1.24. The predicted octanol–water partition coefficient (Wildman–Crippen LogP) is 17.7. The van der Waals surface area contributed by atoms with Gasteiger partial charge in [0.15, 0.2) is 0 Å². The predicted molar refractivity (Wildman–Crippen MR) is 333 cm³/mol. The highest BCUT2D eigenvalue weighted by Crippen LogP contribution is 2.59. The molecule has 0 unspecified atom stereocenters. The Morgan fingerprint density at radius 2 is 0.893 bits per heavy atom. The molecule has 3 heterocycles. The minimum Gasteiger partial charge on any atom is -0.311 e. The summed E-state index contributed by atoms with van der Waals surface area (Å²) >= 11 is 2.18. The number of hydrogen-bond acceptors (Lipinski definition) is 3. The van der Waals surface area contributed by atoms with Gasteiger partial charge in [-0.05, 0) is 205 Å². The molecule has 0 amide bonds. The maximum Gasteiger partial charge on any atom is 0.264 e. The van der Waals surface area contributed by atoms with E-state index in [-0.39, 0.29) is 50.0 Å². The number of rotatable bonds is 4. The van der Waals surface area contributed by atoms with E-state index >= 15 is 0 Å². The number of aryl methyl sites for hydroxylation is 1. The van der Waals surface area contributed by atoms with E-state index in [0.29, 0.717) is 0 Å². The van der Waals surface area contributed by atoms with E-state index in [1.807, 2.05) is 0 Å². The molecule has 5 heteroatoms. The fourth-order valence-corrected chi connectivity index (χ4v) is 18.3. The number of nitrogens with zero attached hydrogens (tertiary/aromatic N) is 2. The van der Waals surface area contributed by atoms with Crippen molar-refractivity contribution < 1.29 is 0 Å². The van der Waals surface area contributed by atoms with Gasteiger partial charge in [0, 0.05) is 38.0 Å². The van der Waals surface area contributed by atoms with E-state index in [2.05, 4.69) is 237 Å². The fourth-order valence-electron chi connectivity index (χ4n) is 15.4. The Morgan fingerprint density at radius 3 is 1.44 bits per heavy atom. The van der Waals surface area contributed by atoms with Crippen LogP contribution in [-0.4, -0.2) is 14.8 Å². The molecule has 6 aromatic rings. The maximum absolute atomic E-state index is 2.83. The number of benzene rings is 5. The van der Waals surface area contributed by atoms with Crippen LogP contribution in [0.2, 0.25) is 19.6 Å². The van der Waals surface area contributed by atoms with E-state index in [1.54, 1.807) is 20.8 Å². The van der Waals surface area contributed by atoms with Gasteiger partial charge in [-0.3, -0.25) is 0 Å². The molecule has 0 bridgehead atoms. The molecule has 0 saturated carbocycles. The van der Waals surface area contributed by atoms with Crippen molar-refractivity contribution in [2.24, 2.45) is 0 Å². The van der Waals surface area contributed by atoms with Gasteiger partial charge in [0.25, 0.3) is 6.71 Å². The molecule has 0 radical (unpaired) electrons. The van der Waals surface area contributed by atoms with Crippen molar-refractivity contribution in [3.8, 4) is 11.1 Å². The van der Waals surface area contributed by atoms with E-state index in [4.69, 9.17) is 0 Å². The van der Waals surface area contributed by atoms with E-state index < -0.39 is 8.07 Å². The quantitative estimate of drug-likeness (QED) is 0.162. The first-order chi connectivity index (χ1) is 34.7. The molecule has 392 valence electrons. The molecule has 4 aliphatic carbocycles. The van der Waals surface area contributed by atoms with Gasteiger partial charge in [0.05, 0.1) is 19.4 Å². The van der Waals surface area contributed by atoms with E-state index in [0.717, 1.165) is 0 Å². The van der Waals surface area contributed by atoms with Gasteiger partial charge in [0.2, 0.25) is 0 Å². The van der Waals surface area contributed by atoms with Crippen molar-refractivity contribution in [1.82, 2.24) is 0 Å². The Bertz CT molecular complexity index is 3400. The van der Waals surface area contributed by atoms with Crippen LogP contribution in [0.5, 0.6) is 0 Å². The third kappa shape index (κ3) is 7.62. The number of anilines is 6. The molecule has 0 atom stereocenters. The molecule has 0 fully saturated rings. The molecule has 75 heavy (non-hydrogen) atoms. The molecule has 0 spiro atoms. The van der Waals surface area contributed by atoms with Gasteiger partial charge in [-0.1, -0.05) is 172 Å². The number of hydrogen-bond donors (Lipinski definition) is 0. The minimum atomic E-state index is -1.55. The molecule has 12 rings (SSSR count). The summed E-state index contributed by atoms with van der Waals surface area (Å²) < 4.78 is 1.54. The van der Waals surface area contributed by atoms with Crippen LogP contribution in [0.15, 0.2) is 78.9 Å². The second-order valence-corrected chi connectivity index (χ2v) is 37.5. The van der Waals surface area contributed by atoms with Crippen LogP contribution in [0.4, 0.5) is 34.1 Å². The van der Waals surface area contributed by atoms with Gasteiger partial charge in [-0.2, -0.15) is 11.3 Å². The van der Waals surface area contributed by atoms with Gasteiger partial charge in [-0.15, -0.1) is 0 Å². The first-order valence-electron chi connectivity index (χ1n) is 29.2. The third-order valence-corrected chi connectivity index (χ3v) is 24.7. The topological polar surface area (TPSA) is 6.48 Å². The monoisotopic (exact) mass is 1030 g/mol. The zero-order valence-electron chi connectivity index (χ0n) is 50.0. The zero-order valence-corrected chi connectivity index (χ0v) is 51.9. The van der Waals surface area contributed by atoms with Crippen LogP contribution >= 0.6 is 11.3 Å². The van der Waals surface area contributed by atoms with Crippen LogP contribution in [0, 0.1) is 6.92 Å². The third-order valence-electron chi connectivity index (χ3n) is 21.0. The molecule has 0 saturated heterocycles. The summed E-state index contributed by atoms with van der Waals surface area (Å²) in [6.45, 7) is 50.3. The molecule has 0 N–H and O–H groups in total. The minimum absolute atomic E-state index is 0.0157. The molecular formula is C70H89BN2SSi. The summed E-state index contributed by atoms with van der Waals surface area (Å²) in [5, 5.41) is 1.51. The Labute approximate surface area is 459 Å². The highest BCUT2D eigenvalue weighted by molar-refractivity contribution is 7.29. The normalized spacial score (nSPS) is 22.2. The van der Waals surface area contributed by atoms with Gasteiger partial charge in [0.1, 0.15) is 0 Å². The highest BCUT2D eigenvalue weighted by atomic mass is 32.1. The van der Waals surface area contributed by atoms with Crippen LogP contribution in [0.3, 0.4) is 0 Å². The first kappa shape index (κ1) is 51.4. The lowest BCUT2D eigenvalue weighted by molar-refractivity contribution is 0.332. The Kier molecular flexibility index (Phi) is 10.9. The summed E-state index contributed by atoms with van der Waals surface area (Å²) in [4.78, 5) is 7.27. The fraction of sp³-hybridized carbons (Fsp3) is 0.514. The van der Waals surface area contributed by atoms with Crippen molar-refractivity contribution in [3.63, 3.8) is 0 Å². The first-order valence-corrected chi connectivity index (χ1v) is 33.5. The van der Waals surface area contributed by atoms with Crippen molar-refractivity contribution in [3.05, 3.63) is 128 Å². The van der Waals surface area contributed by atoms with Crippen LogP contribution in [0.1, 0.15) is 212 Å². The molecule has 5 aromatic carbocycles. The summed E-state index contributed by atoms with van der Waals surface area (Å²) in [6.07, 6.45) is 9.52. The largest absolute Gasteiger partial charge is 0.311 e. The smallest absolute Gasteiger partial charge is 0.264 e. The Hall–Kier alpha value is -4.32. The van der Waals surface area contributed by atoms with Gasteiger partial charge >= 0.3 is 0 Å². The maximum atomic E-state index is 2.83. The lowest BCUT2D eigenvalue weighted by atomic mass is 9.35. The molecule has 6 aliphatic rings. The molecular weight excluding hydrogens is 940 g/mol. The average molecular weight is 1030 g/mol. The van der Waals surface area contributed by atoms with E-state index in [1.165, 1.54) is 146 Å². The van der Waals surface area contributed by atoms with Crippen molar-refractivity contribution in [2.75, 3.05) is 9.80 Å². The summed E-state index contributed by atoms with van der Waals surface area (Å²) in [6, 6.07) is 33.7. The number of thiophene rings is 1. The average Bonchev–Trinajstić information content (AvgIpc) is 3.90. The van der Waals surface area contributed by atoms with Crippen molar-refractivity contribution >= 4 is 81.1 Å². The second-order valence-electron chi connectivity index (χ2n) is 31.3. The Morgan fingerprint density at radius 1 is 0.440 bits per heavy atom. The van der Waals surface area contributed by atoms with Crippen molar-refractivity contribution in [2.45, 2.75) is 232 Å². The van der Waals surface area contributed by atoms with Crippen LogP contribution < -0.4 is 30.7 Å². The lowest BCUT2D eigenvalue weighted by Crippen LogP contribution is -2.61. The number of fused-ring (bicyclic) bond motifs is 9. The van der Waals surface area contributed by atoms with Gasteiger partial charge < -0.3 is 9.80 Å². The lowest BCUT2D eigenvalue weighted by Gasteiger charge is -2.48.